The lowest BCUT2D eigenvalue weighted by Gasteiger charge is -2.27. The molecule has 3 rings (SSSR count). The van der Waals surface area contributed by atoms with Gasteiger partial charge in [-0.15, -0.1) is 0 Å². The SMILES string of the molecule is COc1ccc(C2/C(=C(/O)c3ccc(OC(C)C)cc3)C(=O)C(=O)N2CCN(C)C)cc1OC. The van der Waals surface area contributed by atoms with Crippen molar-refractivity contribution in [2.75, 3.05) is 41.4 Å². The quantitative estimate of drug-likeness (QED) is 0.342. The summed E-state index contributed by atoms with van der Waals surface area (Å²) in [5.74, 6) is 0.0307. The van der Waals surface area contributed by atoms with Gasteiger partial charge in [-0.2, -0.15) is 0 Å². The minimum absolute atomic E-state index is 0.00604. The topological polar surface area (TPSA) is 88.5 Å². The summed E-state index contributed by atoms with van der Waals surface area (Å²) in [6.45, 7) is 4.71. The average molecular weight is 469 g/mol. The van der Waals surface area contributed by atoms with Crippen LogP contribution in [-0.2, 0) is 9.59 Å². The lowest BCUT2D eigenvalue weighted by molar-refractivity contribution is -0.140. The zero-order valence-electron chi connectivity index (χ0n) is 20.5. The van der Waals surface area contributed by atoms with Crippen molar-refractivity contribution < 1.29 is 28.9 Å². The predicted molar refractivity (Wildman–Crippen MR) is 129 cm³/mol. The van der Waals surface area contributed by atoms with Gasteiger partial charge in [0.15, 0.2) is 11.5 Å². The van der Waals surface area contributed by atoms with Crippen molar-refractivity contribution >= 4 is 17.4 Å². The maximum atomic E-state index is 13.1. The zero-order chi connectivity index (χ0) is 25.0. The van der Waals surface area contributed by atoms with E-state index < -0.39 is 17.7 Å². The molecular formula is C26H32N2O6. The number of hydrogen-bond acceptors (Lipinski definition) is 7. The first-order valence-corrected chi connectivity index (χ1v) is 11.1. The highest BCUT2D eigenvalue weighted by atomic mass is 16.5. The number of ketones is 1. The van der Waals surface area contributed by atoms with Gasteiger partial charge in [0.05, 0.1) is 31.9 Å². The molecule has 1 aliphatic rings. The molecule has 1 unspecified atom stereocenters. The van der Waals surface area contributed by atoms with Crippen LogP contribution in [0, 0.1) is 0 Å². The van der Waals surface area contributed by atoms with E-state index >= 15 is 0 Å². The molecule has 0 aromatic heterocycles. The highest BCUT2D eigenvalue weighted by molar-refractivity contribution is 6.46. The molecule has 34 heavy (non-hydrogen) atoms. The molecule has 1 atom stereocenters. The van der Waals surface area contributed by atoms with Crippen LogP contribution in [0.15, 0.2) is 48.0 Å². The van der Waals surface area contributed by atoms with Crippen molar-refractivity contribution in [3.63, 3.8) is 0 Å². The van der Waals surface area contributed by atoms with E-state index in [1.807, 2.05) is 32.8 Å². The highest BCUT2D eigenvalue weighted by Crippen LogP contribution is 2.42. The van der Waals surface area contributed by atoms with Gasteiger partial charge in [0.2, 0.25) is 0 Å². The molecule has 1 fully saturated rings. The molecule has 0 radical (unpaired) electrons. The summed E-state index contributed by atoms with van der Waals surface area (Å²) in [5, 5.41) is 11.2. The van der Waals surface area contributed by atoms with Crippen LogP contribution in [0.2, 0.25) is 0 Å². The van der Waals surface area contributed by atoms with E-state index in [2.05, 4.69) is 0 Å². The molecule has 8 nitrogen and oxygen atoms in total. The summed E-state index contributed by atoms with van der Waals surface area (Å²) < 4.78 is 16.4. The van der Waals surface area contributed by atoms with E-state index in [9.17, 15) is 14.7 Å². The van der Waals surface area contributed by atoms with Crippen molar-refractivity contribution in [1.29, 1.82) is 0 Å². The fourth-order valence-electron chi connectivity index (χ4n) is 3.91. The minimum Gasteiger partial charge on any atom is -0.507 e. The van der Waals surface area contributed by atoms with Crippen LogP contribution >= 0.6 is 0 Å². The number of carbonyl (C=O) groups is 2. The summed E-state index contributed by atoms with van der Waals surface area (Å²) in [6, 6.07) is 11.2. The second-order valence-electron chi connectivity index (χ2n) is 8.60. The van der Waals surface area contributed by atoms with E-state index in [1.54, 1.807) is 42.5 Å². The van der Waals surface area contributed by atoms with Gasteiger partial charge in [0.25, 0.3) is 11.7 Å². The number of nitrogens with zero attached hydrogens (tertiary/aromatic N) is 2. The molecular weight excluding hydrogens is 436 g/mol. The van der Waals surface area contributed by atoms with Gasteiger partial charge in [0, 0.05) is 18.7 Å². The molecule has 1 saturated heterocycles. The van der Waals surface area contributed by atoms with Crippen LogP contribution in [0.1, 0.15) is 31.0 Å². The summed E-state index contributed by atoms with van der Waals surface area (Å²) in [4.78, 5) is 29.6. The number of amides is 1. The first-order valence-electron chi connectivity index (χ1n) is 11.1. The Labute approximate surface area is 200 Å². The summed E-state index contributed by atoms with van der Waals surface area (Å²) in [6.07, 6.45) is 0.00604. The molecule has 1 amide bonds. The standard InChI is InChI=1S/C26H32N2O6/c1-16(2)34-19-10-7-17(8-11-19)24(29)22-23(18-9-12-20(32-5)21(15-18)33-6)28(14-13-27(3)4)26(31)25(22)30/h7-12,15-16,23,29H,13-14H2,1-6H3/b24-22-. The average Bonchev–Trinajstić information content (AvgIpc) is 3.06. The Kier molecular flexibility index (Phi) is 7.83. The van der Waals surface area contributed by atoms with Crippen molar-refractivity contribution in [1.82, 2.24) is 9.80 Å². The number of rotatable bonds is 9. The normalized spacial score (nSPS) is 17.5. The Morgan fingerprint density at radius 3 is 2.24 bits per heavy atom. The van der Waals surface area contributed by atoms with Crippen LogP contribution in [0.25, 0.3) is 5.76 Å². The third-order valence-corrected chi connectivity index (χ3v) is 5.55. The zero-order valence-corrected chi connectivity index (χ0v) is 20.5. The molecule has 0 aliphatic carbocycles. The fraction of sp³-hybridized carbons (Fsp3) is 0.385. The molecule has 0 saturated carbocycles. The largest absolute Gasteiger partial charge is 0.507 e. The maximum Gasteiger partial charge on any atom is 0.295 e. The highest BCUT2D eigenvalue weighted by Gasteiger charge is 2.46. The third kappa shape index (κ3) is 5.17. The van der Waals surface area contributed by atoms with Gasteiger partial charge in [-0.1, -0.05) is 6.07 Å². The molecule has 182 valence electrons. The molecule has 0 spiro atoms. The molecule has 0 bridgehead atoms. The summed E-state index contributed by atoms with van der Waals surface area (Å²) >= 11 is 0. The van der Waals surface area contributed by atoms with Gasteiger partial charge in [-0.3, -0.25) is 9.59 Å². The number of aliphatic hydroxyl groups excluding tert-OH is 1. The van der Waals surface area contributed by atoms with Gasteiger partial charge in [0.1, 0.15) is 11.5 Å². The van der Waals surface area contributed by atoms with Gasteiger partial charge in [-0.25, -0.2) is 0 Å². The van der Waals surface area contributed by atoms with E-state index in [4.69, 9.17) is 14.2 Å². The van der Waals surface area contributed by atoms with Gasteiger partial charge >= 0.3 is 0 Å². The lowest BCUT2D eigenvalue weighted by atomic mass is 9.95. The number of carbonyl (C=O) groups excluding carboxylic acids is 2. The molecule has 8 heteroatoms. The van der Waals surface area contributed by atoms with Crippen LogP contribution in [0.5, 0.6) is 17.2 Å². The summed E-state index contributed by atoms with van der Waals surface area (Å²) in [5.41, 5.74) is 1.10. The van der Waals surface area contributed by atoms with Crippen molar-refractivity contribution in [3.8, 4) is 17.2 Å². The second-order valence-corrected chi connectivity index (χ2v) is 8.60. The van der Waals surface area contributed by atoms with Gasteiger partial charge < -0.3 is 29.1 Å². The Morgan fingerprint density at radius 2 is 1.68 bits per heavy atom. The van der Waals surface area contributed by atoms with Crippen LogP contribution < -0.4 is 14.2 Å². The smallest absolute Gasteiger partial charge is 0.295 e. The molecule has 1 N–H and O–H groups in total. The number of ether oxygens (including phenoxy) is 3. The number of aliphatic hydroxyl groups is 1. The molecule has 2 aromatic rings. The van der Waals surface area contributed by atoms with Gasteiger partial charge in [-0.05, 0) is 69.9 Å². The minimum atomic E-state index is -0.772. The Morgan fingerprint density at radius 1 is 1.03 bits per heavy atom. The van der Waals surface area contributed by atoms with Crippen LogP contribution in [0.4, 0.5) is 0 Å². The van der Waals surface area contributed by atoms with Crippen molar-refractivity contribution in [2.24, 2.45) is 0 Å². The number of hydrogen-bond donors (Lipinski definition) is 1. The first kappa shape index (κ1) is 25.1. The first-order chi connectivity index (χ1) is 16.2. The fourth-order valence-corrected chi connectivity index (χ4v) is 3.91. The second kappa shape index (κ2) is 10.6. The summed E-state index contributed by atoms with van der Waals surface area (Å²) in [7, 11) is 6.84. The van der Waals surface area contributed by atoms with E-state index in [0.29, 0.717) is 41.5 Å². The van der Waals surface area contributed by atoms with Crippen LogP contribution in [-0.4, -0.2) is 74.1 Å². The molecule has 2 aromatic carbocycles. The number of likely N-dealkylation sites (N-methyl/N-ethyl adjacent to an activating group) is 1. The Balaban J connectivity index is 2.12. The predicted octanol–water partition coefficient (Wildman–Crippen LogP) is 3.47. The maximum absolute atomic E-state index is 13.1. The lowest BCUT2D eigenvalue weighted by Crippen LogP contribution is -2.35. The Hall–Kier alpha value is -3.52. The molecule has 1 aliphatic heterocycles. The number of methoxy groups -OCH3 is 2. The van der Waals surface area contributed by atoms with Crippen molar-refractivity contribution in [3.05, 3.63) is 59.2 Å². The molecule has 1 heterocycles. The number of benzene rings is 2. The van der Waals surface area contributed by atoms with Crippen LogP contribution in [0.3, 0.4) is 0 Å². The van der Waals surface area contributed by atoms with E-state index in [0.717, 1.165) is 0 Å². The Bertz CT molecular complexity index is 1080. The number of likely N-dealkylation sites (tertiary alicyclic amines) is 1. The van der Waals surface area contributed by atoms with Crippen molar-refractivity contribution in [2.45, 2.75) is 26.0 Å². The monoisotopic (exact) mass is 468 g/mol. The third-order valence-electron chi connectivity index (χ3n) is 5.55. The number of Topliss-reactive ketones (excluding diaryl/α,β-unsaturated/α-hetero) is 1. The van der Waals surface area contributed by atoms with E-state index in [-0.39, 0.29) is 17.4 Å². The van der Waals surface area contributed by atoms with E-state index in [1.165, 1.54) is 19.1 Å².